The SMILES string of the molecule is CC(C)Oc1cc(C#CC2CC(F)(F)C2)cnc1/C(N)=C/NCC1OCC(C)(C)CO1. The van der Waals surface area contributed by atoms with Gasteiger partial charge in [-0.05, 0) is 19.9 Å². The summed E-state index contributed by atoms with van der Waals surface area (Å²) in [5.41, 5.74) is 7.71. The van der Waals surface area contributed by atoms with Crippen molar-refractivity contribution in [3.63, 3.8) is 0 Å². The van der Waals surface area contributed by atoms with Crippen molar-refractivity contribution in [2.75, 3.05) is 19.8 Å². The number of halogens is 2. The summed E-state index contributed by atoms with van der Waals surface area (Å²) in [7, 11) is 0. The molecule has 0 bridgehead atoms. The summed E-state index contributed by atoms with van der Waals surface area (Å²) in [6, 6.07) is 1.74. The molecule has 1 aliphatic heterocycles. The van der Waals surface area contributed by atoms with Crippen molar-refractivity contribution in [3.8, 4) is 17.6 Å². The summed E-state index contributed by atoms with van der Waals surface area (Å²) >= 11 is 0. The lowest BCUT2D eigenvalue weighted by Crippen LogP contribution is -2.41. The molecule has 2 aliphatic rings. The fraction of sp³-hybridized carbons (Fsp3) is 0.609. The average Bonchev–Trinajstić information content (AvgIpc) is 2.65. The van der Waals surface area contributed by atoms with Crippen molar-refractivity contribution >= 4 is 5.70 Å². The highest BCUT2D eigenvalue weighted by atomic mass is 19.3. The fourth-order valence-electron chi connectivity index (χ4n) is 3.20. The Hall–Kier alpha value is -2.37. The molecule has 0 spiro atoms. The molecule has 2 fully saturated rings. The Morgan fingerprint density at radius 3 is 2.65 bits per heavy atom. The van der Waals surface area contributed by atoms with Crippen LogP contribution in [-0.4, -0.2) is 43.1 Å². The third-order valence-corrected chi connectivity index (χ3v) is 4.86. The molecule has 0 unspecified atom stereocenters. The third kappa shape index (κ3) is 6.81. The van der Waals surface area contributed by atoms with E-state index in [0.717, 1.165) is 0 Å². The monoisotopic (exact) mass is 435 g/mol. The van der Waals surface area contributed by atoms with Crippen LogP contribution in [0.4, 0.5) is 8.78 Å². The smallest absolute Gasteiger partial charge is 0.250 e. The van der Waals surface area contributed by atoms with Gasteiger partial charge >= 0.3 is 0 Å². The largest absolute Gasteiger partial charge is 0.489 e. The Morgan fingerprint density at radius 1 is 1.35 bits per heavy atom. The molecule has 8 heteroatoms. The van der Waals surface area contributed by atoms with E-state index in [1.807, 2.05) is 13.8 Å². The number of nitrogens with two attached hydrogens (primary N) is 1. The van der Waals surface area contributed by atoms with E-state index in [1.54, 1.807) is 18.5 Å². The summed E-state index contributed by atoms with van der Waals surface area (Å²) in [6.07, 6.45) is 2.41. The second-order valence-corrected chi connectivity index (χ2v) is 9.19. The van der Waals surface area contributed by atoms with Gasteiger partial charge in [0.2, 0.25) is 0 Å². The third-order valence-electron chi connectivity index (χ3n) is 4.86. The van der Waals surface area contributed by atoms with Gasteiger partial charge < -0.3 is 25.3 Å². The first kappa shape index (κ1) is 23.3. The van der Waals surface area contributed by atoms with E-state index < -0.39 is 5.92 Å². The van der Waals surface area contributed by atoms with Crippen LogP contribution >= 0.6 is 0 Å². The van der Waals surface area contributed by atoms with Crippen LogP contribution in [0.25, 0.3) is 5.70 Å². The molecule has 6 nitrogen and oxygen atoms in total. The molecule has 3 rings (SSSR count). The first-order valence-electron chi connectivity index (χ1n) is 10.5. The van der Waals surface area contributed by atoms with Crippen molar-refractivity contribution < 1.29 is 23.0 Å². The predicted octanol–water partition coefficient (Wildman–Crippen LogP) is 3.51. The number of alkyl halides is 2. The topological polar surface area (TPSA) is 78.6 Å². The summed E-state index contributed by atoms with van der Waals surface area (Å²) in [6.45, 7) is 9.69. The number of nitrogens with zero attached hydrogens (tertiary/aromatic N) is 1. The van der Waals surface area contributed by atoms with Crippen LogP contribution in [0, 0.1) is 23.2 Å². The van der Waals surface area contributed by atoms with E-state index in [9.17, 15) is 8.78 Å². The molecule has 0 amide bonds. The van der Waals surface area contributed by atoms with Crippen LogP contribution in [0.15, 0.2) is 18.5 Å². The Kier molecular flexibility index (Phi) is 7.07. The van der Waals surface area contributed by atoms with Gasteiger partial charge in [-0.3, -0.25) is 0 Å². The van der Waals surface area contributed by atoms with Crippen LogP contribution < -0.4 is 15.8 Å². The maximum absolute atomic E-state index is 13.0. The molecule has 3 N–H and O–H groups in total. The first-order valence-corrected chi connectivity index (χ1v) is 10.5. The molecule has 1 saturated carbocycles. The van der Waals surface area contributed by atoms with Gasteiger partial charge in [-0.15, -0.1) is 0 Å². The minimum absolute atomic E-state index is 0.0164. The molecule has 0 radical (unpaired) electrons. The maximum Gasteiger partial charge on any atom is 0.250 e. The molecule has 170 valence electrons. The van der Waals surface area contributed by atoms with Crippen LogP contribution in [0.3, 0.4) is 0 Å². The normalized spacial score (nSPS) is 21.2. The number of aromatic nitrogens is 1. The number of hydrogen-bond acceptors (Lipinski definition) is 6. The number of hydrogen-bond donors (Lipinski definition) is 2. The van der Waals surface area contributed by atoms with Crippen LogP contribution in [0.5, 0.6) is 5.75 Å². The summed E-state index contributed by atoms with van der Waals surface area (Å²) < 4.78 is 43.2. The van der Waals surface area contributed by atoms with Crippen molar-refractivity contribution in [1.82, 2.24) is 10.3 Å². The zero-order valence-corrected chi connectivity index (χ0v) is 18.5. The molecule has 31 heavy (non-hydrogen) atoms. The summed E-state index contributed by atoms with van der Waals surface area (Å²) in [5, 5.41) is 3.11. The zero-order chi connectivity index (χ0) is 22.6. The van der Waals surface area contributed by atoms with Gasteiger partial charge in [-0.2, -0.15) is 0 Å². The zero-order valence-electron chi connectivity index (χ0n) is 18.5. The average molecular weight is 436 g/mol. The predicted molar refractivity (Wildman–Crippen MR) is 114 cm³/mol. The fourth-order valence-corrected chi connectivity index (χ4v) is 3.20. The number of pyridine rings is 1. The highest BCUT2D eigenvalue weighted by Gasteiger charge is 2.44. The second kappa shape index (κ2) is 9.41. The molecular weight excluding hydrogens is 404 g/mol. The minimum atomic E-state index is -2.58. The maximum atomic E-state index is 13.0. The highest BCUT2D eigenvalue weighted by molar-refractivity contribution is 5.65. The van der Waals surface area contributed by atoms with Gasteiger partial charge in [0.25, 0.3) is 5.92 Å². The van der Waals surface area contributed by atoms with E-state index in [4.69, 9.17) is 19.9 Å². The molecule has 0 aromatic carbocycles. The van der Waals surface area contributed by atoms with Gasteiger partial charge in [0.15, 0.2) is 6.29 Å². The molecule has 0 atom stereocenters. The quantitative estimate of drug-likeness (QED) is 0.666. The number of rotatable bonds is 6. The first-order chi connectivity index (χ1) is 14.5. The van der Waals surface area contributed by atoms with Crippen LogP contribution in [0.2, 0.25) is 0 Å². The molecule has 1 saturated heterocycles. The Bertz CT molecular complexity index is 857. The molecular formula is C23H31F2N3O3. The van der Waals surface area contributed by atoms with Crippen LogP contribution in [-0.2, 0) is 9.47 Å². The molecule has 2 heterocycles. The molecule has 1 aliphatic carbocycles. The van der Waals surface area contributed by atoms with Gasteiger partial charge in [0.05, 0.1) is 31.6 Å². The van der Waals surface area contributed by atoms with Crippen molar-refractivity contribution in [3.05, 3.63) is 29.7 Å². The van der Waals surface area contributed by atoms with E-state index in [1.165, 1.54) is 0 Å². The Morgan fingerprint density at radius 2 is 2.03 bits per heavy atom. The second-order valence-electron chi connectivity index (χ2n) is 9.19. The van der Waals surface area contributed by atoms with Gasteiger partial charge in [0, 0.05) is 42.1 Å². The van der Waals surface area contributed by atoms with Crippen LogP contribution in [0.1, 0.15) is 51.8 Å². The van der Waals surface area contributed by atoms with Gasteiger partial charge in [-0.25, -0.2) is 13.8 Å². The van der Waals surface area contributed by atoms with E-state index in [-0.39, 0.29) is 36.6 Å². The Balaban J connectivity index is 1.64. The standard InChI is InChI=1S/C23H31F2N3O3/c1-15(2)31-19-7-16(5-6-17-8-23(24,25)9-17)10-28-21(19)18(26)11-27-12-20-29-13-22(3,4)14-30-20/h7,10-11,15,17,20,27H,8-9,12-14,26H2,1-4H3/b18-11-. The van der Waals surface area contributed by atoms with E-state index >= 15 is 0 Å². The van der Waals surface area contributed by atoms with Crippen molar-refractivity contribution in [2.24, 2.45) is 17.1 Å². The van der Waals surface area contributed by atoms with Gasteiger partial charge in [-0.1, -0.05) is 25.7 Å². The van der Waals surface area contributed by atoms with Gasteiger partial charge in [0.1, 0.15) is 11.4 Å². The van der Waals surface area contributed by atoms with E-state index in [2.05, 4.69) is 36.0 Å². The van der Waals surface area contributed by atoms with Crippen molar-refractivity contribution in [1.29, 1.82) is 0 Å². The summed E-state index contributed by atoms with van der Waals surface area (Å²) in [4.78, 5) is 4.40. The Labute approximate surface area is 182 Å². The van der Waals surface area contributed by atoms with Crippen molar-refractivity contribution in [2.45, 2.75) is 58.9 Å². The molecule has 1 aromatic rings. The summed E-state index contributed by atoms with van der Waals surface area (Å²) in [5.74, 6) is 3.43. The minimum Gasteiger partial charge on any atom is -0.489 e. The number of ether oxygens (including phenoxy) is 3. The lowest BCUT2D eigenvalue weighted by molar-refractivity contribution is -0.217. The lowest BCUT2D eigenvalue weighted by Gasteiger charge is -2.34. The van der Waals surface area contributed by atoms with E-state index in [0.29, 0.717) is 42.5 Å². The lowest BCUT2D eigenvalue weighted by atomic mass is 9.82. The number of nitrogens with one attached hydrogen (secondary N) is 1. The molecule has 1 aromatic heterocycles. The highest BCUT2D eigenvalue weighted by Crippen LogP contribution is 2.41.